The molecule has 1 fully saturated rings. The third-order valence-electron chi connectivity index (χ3n) is 4.71. The molecule has 1 aliphatic rings. The van der Waals surface area contributed by atoms with Gasteiger partial charge in [-0.2, -0.15) is 5.10 Å². The summed E-state index contributed by atoms with van der Waals surface area (Å²) in [5.41, 5.74) is 2.43. The Bertz CT molecular complexity index is 806. The van der Waals surface area contributed by atoms with Crippen LogP contribution < -0.4 is 4.72 Å². The minimum atomic E-state index is -3.62. The van der Waals surface area contributed by atoms with E-state index in [0.717, 1.165) is 19.6 Å². The molecule has 7 heteroatoms. The Morgan fingerprint density at radius 2 is 1.80 bits per heavy atom. The van der Waals surface area contributed by atoms with Crippen LogP contribution in [0.5, 0.6) is 0 Å². The lowest BCUT2D eigenvalue weighted by molar-refractivity contribution is 0.221. The Kier molecular flexibility index (Phi) is 5.44. The van der Waals surface area contributed by atoms with Crippen LogP contribution in [0.3, 0.4) is 0 Å². The quantitative estimate of drug-likeness (QED) is 0.858. The number of benzene rings is 1. The Hall–Kier alpha value is -1.86. The molecule has 0 amide bonds. The number of rotatable bonds is 6. The maximum atomic E-state index is 12.6. The molecule has 2 heterocycles. The molecule has 0 bridgehead atoms. The summed E-state index contributed by atoms with van der Waals surface area (Å²) in [5.74, 6) is 0. The van der Waals surface area contributed by atoms with Crippen molar-refractivity contribution in [1.29, 1.82) is 0 Å². The standard InChI is InChI=1S/C18H26N4O2S/c1-3-22-15(2)18(13-19-22)25(23,24)20-17-9-7-16(8-10-17)14-21-11-5-4-6-12-21/h7-10,13,20H,3-6,11-12,14H2,1-2H3. The van der Waals surface area contributed by atoms with Gasteiger partial charge in [0.15, 0.2) is 0 Å². The molecule has 1 N–H and O–H groups in total. The van der Waals surface area contributed by atoms with Crippen LogP contribution in [-0.2, 0) is 23.1 Å². The summed E-state index contributed by atoms with van der Waals surface area (Å²) in [4.78, 5) is 2.68. The van der Waals surface area contributed by atoms with Gasteiger partial charge in [0.1, 0.15) is 4.90 Å². The summed E-state index contributed by atoms with van der Waals surface area (Å²) in [5, 5.41) is 4.11. The monoisotopic (exact) mass is 362 g/mol. The molecular weight excluding hydrogens is 336 g/mol. The van der Waals surface area contributed by atoms with E-state index in [9.17, 15) is 8.42 Å². The van der Waals surface area contributed by atoms with Crippen molar-refractivity contribution in [3.8, 4) is 0 Å². The molecule has 0 saturated carbocycles. The van der Waals surface area contributed by atoms with E-state index in [-0.39, 0.29) is 4.90 Å². The summed E-state index contributed by atoms with van der Waals surface area (Å²) >= 11 is 0. The van der Waals surface area contributed by atoms with E-state index >= 15 is 0 Å². The number of aromatic nitrogens is 2. The molecule has 25 heavy (non-hydrogen) atoms. The van der Waals surface area contributed by atoms with Gasteiger partial charge in [-0.05, 0) is 57.5 Å². The van der Waals surface area contributed by atoms with Crippen LogP contribution in [-0.4, -0.2) is 36.2 Å². The second-order valence-corrected chi connectivity index (χ2v) is 8.20. The van der Waals surface area contributed by atoms with Crippen molar-refractivity contribution in [1.82, 2.24) is 14.7 Å². The smallest absolute Gasteiger partial charge is 0.265 e. The van der Waals surface area contributed by atoms with E-state index in [1.165, 1.54) is 31.0 Å². The molecule has 0 aliphatic carbocycles. The van der Waals surface area contributed by atoms with Crippen LogP contribution >= 0.6 is 0 Å². The number of nitrogens with zero attached hydrogens (tertiary/aromatic N) is 3. The Morgan fingerprint density at radius 3 is 2.40 bits per heavy atom. The fourth-order valence-electron chi connectivity index (χ4n) is 3.28. The largest absolute Gasteiger partial charge is 0.299 e. The fraction of sp³-hybridized carbons (Fsp3) is 0.500. The van der Waals surface area contributed by atoms with Crippen LogP contribution in [0, 0.1) is 6.92 Å². The molecule has 0 radical (unpaired) electrons. The summed E-state index contributed by atoms with van der Waals surface area (Å²) in [7, 11) is -3.62. The third kappa shape index (κ3) is 4.22. The number of nitrogens with one attached hydrogen (secondary N) is 1. The zero-order valence-corrected chi connectivity index (χ0v) is 15.7. The summed E-state index contributed by atoms with van der Waals surface area (Å²) in [6, 6.07) is 7.65. The average Bonchev–Trinajstić information content (AvgIpc) is 2.99. The van der Waals surface area contributed by atoms with Gasteiger partial charge in [0.25, 0.3) is 10.0 Å². The minimum absolute atomic E-state index is 0.228. The van der Waals surface area contributed by atoms with E-state index in [4.69, 9.17) is 0 Å². The normalized spacial score (nSPS) is 16.1. The first-order valence-electron chi connectivity index (χ1n) is 8.86. The maximum absolute atomic E-state index is 12.6. The fourth-order valence-corrected chi connectivity index (χ4v) is 4.51. The van der Waals surface area contributed by atoms with Gasteiger partial charge in [0.05, 0.1) is 11.9 Å². The number of anilines is 1. The zero-order chi connectivity index (χ0) is 17.9. The number of sulfonamides is 1. The number of piperidine rings is 1. The molecule has 2 aromatic rings. The Labute approximate surface area is 149 Å². The second kappa shape index (κ2) is 7.58. The lowest BCUT2D eigenvalue weighted by Crippen LogP contribution is -2.29. The van der Waals surface area contributed by atoms with E-state index in [1.54, 1.807) is 11.6 Å². The molecule has 1 aliphatic heterocycles. The number of likely N-dealkylation sites (tertiary alicyclic amines) is 1. The van der Waals surface area contributed by atoms with Gasteiger partial charge in [-0.25, -0.2) is 8.42 Å². The zero-order valence-electron chi connectivity index (χ0n) is 14.9. The molecule has 0 unspecified atom stereocenters. The molecule has 0 spiro atoms. The second-order valence-electron chi connectivity index (χ2n) is 6.55. The van der Waals surface area contributed by atoms with Gasteiger partial charge < -0.3 is 0 Å². The lowest BCUT2D eigenvalue weighted by atomic mass is 10.1. The van der Waals surface area contributed by atoms with Crippen LogP contribution in [0.25, 0.3) is 0 Å². The SMILES string of the molecule is CCn1ncc(S(=O)(=O)Nc2ccc(CN3CCCCC3)cc2)c1C. The molecule has 3 rings (SSSR count). The summed E-state index contributed by atoms with van der Waals surface area (Å²) in [6.45, 7) is 7.57. The molecule has 1 saturated heterocycles. The molecule has 0 atom stereocenters. The molecule has 136 valence electrons. The van der Waals surface area contributed by atoms with E-state index < -0.39 is 10.0 Å². The first-order chi connectivity index (χ1) is 12.0. The van der Waals surface area contributed by atoms with Gasteiger partial charge in [-0.1, -0.05) is 18.6 Å². The van der Waals surface area contributed by atoms with E-state index in [0.29, 0.717) is 17.9 Å². The topological polar surface area (TPSA) is 67.2 Å². The van der Waals surface area contributed by atoms with Crippen molar-refractivity contribution in [3.63, 3.8) is 0 Å². The van der Waals surface area contributed by atoms with E-state index in [1.807, 2.05) is 31.2 Å². The third-order valence-corrected chi connectivity index (χ3v) is 6.19. The molecule has 6 nitrogen and oxygen atoms in total. The number of hydrogen-bond donors (Lipinski definition) is 1. The minimum Gasteiger partial charge on any atom is -0.299 e. The van der Waals surface area contributed by atoms with Crippen LogP contribution in [0.4, 0.5) is 5.69 Å². The molecule has 1 aromatic carbocycles. The highest BCUT2D eigenvalue weighted by atomic mass is 32.2. The maximum Gasteiger partial charge on any atom is 0.265 e. The van der Waals surface area contributed by atoms with Crippen molar-refractivity contribution < 1.29 is 8.42 Å². The van der Waals surface area contributed by atoms with Crippen molar-refractivity contribution in [2.45, 2.75) is 51.1 Å². The predicted octanol–water partition coefficient (Wildman–Crippen LogP) is 3.00. The van der Waals surface area contributed by atoms with Crippen LogP contribution in [0.2, 0.25) is 0 Å². The number of hydrogen-bond acceptors (Lipinski definition) is 4. The first-order valence-corrected chi connectivity index (χ1v) is 10.3. The highest BCUT2D eigenvalue weighted by Gasteiger charge is 2.20. The highest BCUT2D eigenvalue weighted by Crippen LogP contribution is 2.20. The Morgan fingerprint density at radius 1 is 1.12 bits per heavy atom. The highest BCUT2D eigenvalue weighted by molar-refractivity contribution is 7.92. The number of aryl methyl sites for hydroxylation is 1. The molecular formula is C18H26N4O2S. The van der Waals surface area contributed by atoms with Gasteiger partial charge in [0, 0.05) is 18.8 Å². The Balaban J connectivity index is 1.68. The predicted molar refractivity (Wildman–Crippen MR) is 99.0 cm³/mol. The summed E-state index contributed by atoms with van der Waals surface area (Å²) < 4.78 is 29.5. The van der Waals surface area contributed by atoms with Crippen molar-refractivity contribution in [3.05, 3.63) is 41.7 Å². The van der Waals surface area contributed by atoms with E-state index in [2.05, 4.69) is 14.7 Å². The van der Waals surface area contributed by atoms with Crippen LogP contribution in [0.1, 0.15) is 37.4 Å². The van der Waals surface area contributed by atoms with Crippen molar-refractivity contribution >= 4 is 15.7 Å². The van der Waals surface area contributed by atoms with Gasteiger partial charge in [-0.3, -0.25) is 14.3 Å². The molecule has 1 aromatic heterocycles. The summed E-state index contributed by atoms with van der Waals surface area (Å²) in [6.07, 6.45) is 5.27. The lowest BCUT2D eigenvalue weighted by Gasteiger charge is -2.26. The first kappa shape index (κ1) is 17.9. The van der Waals surface area contributed by atoms with Gasteiger partial charge in [-0.15, -0.1) is 0 Å². The van der Waals surface area contributed by atoms with Crippen molar-refractivity contribution in [2.75, 3.05) is 17.8 Å². The van der Waals surface area contributed by atoms with Gasteiger partial charge >= 0.3 is 0 Å². The van der Waals surface area contributed by atoms with Crippen molar-refractivity contribution in [2.24, 2.45) is 0 Å². The average molecular weight is 362 g/mol. The van der Waals surface area contributed by atoms with Crippen LogP contribution in [0.15, 0.2) is 35.4 Å². The van der Waals surface area contributed by atoms with Gasteiger partial charge in [0.2, 0.25) is 0 Å².